The number of rotatable bonds is 9. The Morgan fingerprint density at radius 3 is 2.65 bits per heavy atom. The van der Waals surface area contributed by atoms with E-state index in [1.807, 2.05) is 48.5 Å². The molecule has 1 amide bonds. The number of hydrogen-bond donors (Lipinski definition) is 0. The number of anilines is 1. The van der Waals surface area contributed by atoms with Crippen molar-refractivity contribution in [3.05, 3.63) is 54.4 Å². The number of ether oxygens (including phenoxy) is 2. The fourth-order valence-corrected chi connectivity index (χ4v) is 4.06. The van der Waals surface area contributed by atoms with Crippen molar-refractivity contribution in [2.45, 2.75) is 12.8 Å². The van der Waals surface area contributed by atoms with Gasteiger partial charge in [0, 0.05) is 25.5 Å². The van der Waals surface area contributed by atoms with Crippen molar-refractivity contribution in [2.24, 2.45) is 0 Å². The number of para-hydroxylation sites is 1. The van der Waals surface area contributed by atoms with Gasteiger partial charge in [-0.1, -0.05) is 28.6 Å². The molecule has 0 aliphatic rings. The number of methoxy groups -OCH3 is 2. The first-order valence-corrected chi connectivity index (χ1v) is 10.6. The Morgan fingerprint density at radius 1 is 1.10 bits per heavy atom. The molecule has 2 aromatic carbocycles. The van der Waals surface area contributed by atoms with Crippen LogP contribution in [0.15, 0.2) is 53.1 Å². The number of hydrogen-bond acceptors (Lipinski definition) is 8. The number of aromatic nitrogens is 3. The topological polar surface area (TPSA) is 90.6 Å². The van der Waals surface area contributed by atoms with Gasteiger partial charge in [0.25, 0.3) is 0 Å². The lowest BCUT2D eigenvalue weighted by molar-refractivity contribution is -0.118. The maximum atomic E-state index is 13.0. The highest BCUT2D eigenvalue weighted by atomic mass is 32.1. The first-order chi connectivity index (χ1) is 15.2. The number of carbonyl (C=O) groups excluding carboxylic acids is 1. The second-order valence-corrected chi connectivity index (χ2v) is 7.75. The molecule has 2 aromatic heterocycles. The van der Waals surface area contributed by atoms with E-state index in [9.17, 15) is 4.79 Å². The lowest BCUT2D eigenvalue weighted by Crippen LogP contribution is -2.34. The Hall–Kier alpha value is -3.30. The summed E-state index contributed by atoms with van der Waals surface area (Å²) >= 11 is 1.49. The third-order valence-electron chi connectivity index (χ3n) is 4.70. The minimum Gasteiger partial charge on any atom is -0.497 e. The van der Waals surface area contributed by atoms with Crippen LogP contribution in [-0.2, 0) is 16.0 Å². The summed E-state index contributed by atoms with van der Waals surface area (Å²) in [7, 11) is 3.23. The number of aryl methyl sites for hydroxylation is 1. The average Bonchev–Trinajstić information content (AvgIpc) is 3.45. The predicted octanol–water partition coefficient (Wildman–Crippen LogP) is 3.97. The van der Waals surface area contributed by atoms with Crippen LogP contribution in [-0.4, -0.2) is 48.4 Å². The molecule has 8 nitrogen and oxygen atoms in total. The monoisotopic (exact) mass is 438 g/mol. The van der Waals surface area contributed by atoms with Crippen LogP contribution in [0.25, 0.3) is 21.6 Å². The predicted molar refractivity (Wildman–Crippen MR) is 118 cm³/mol. The average molecular weight is 439 g/mol. The van der Waals surface area contributed by atoms with E-state index in [-0.39, 0.29) is 12.3 Å². The fraction of sp³-hybridized carbons (Fsp3) is 0.273. The van der Waals surface area contributed by atoms with Gasteiger partial charge in [-0.2, -0.15) is 4.98 Å². The molecule has 2 heterocycles. The minimum atomic E-state index is -0.0692. The van der Waals surface area contributed by atoms with Crippen molar-refractivity contribution >= 4 is 32.6 Å². The molecule has 0 saturated heterocycles. The molecule has 31 heavy (non-hydrogen) atoms. The molecule has 160 valence electrons. The first-order valence-electron chi connectivity index (χ1n) is 9.80. The zero-order chi connectivity index (χ0) is 21.6. The molecule has 0 fully saturated rings. The van der Waals surface area contributed by atoms with E-state index in [0.717, 1.165) is 21.5 Å². The van der Waals surface area contributed by atoms with Gasteiger partial charge >= 0.3 is 0 Å². The van der Waals surface area contributed by atoms with Gasteiger partial charge in [0.15, 0.2) is 5.13 Å². The Kier molecular flexibility index (Phi) is 6.54. The van der Waals surface area contributed by atoms with Gasteiger partial charge in [-0.05, 0) is 36.4 Å². The Bertz CT molecular complexity index is 1120. The van der Waals surface area contributed by atoms with Gasteiger partial charge in [0.05, 0.1) is 30.5 Å². The van der Waals surface area contributed by atoms with Gasteiger partial charge in [-0.3, -0.25) is 9.69 Å². The molecule has 4 rings (SSSR count). The molecule has 0 radical (unpaired) electrons. The summed E-state index contributed by atoms with van der Waals surface area (Å²) in [5, 5.41) is 4.68. The van der Waals surface area contributed by atoms with Crippen LogP contribution in [0.5, 0.6) is 5.75 Å². The largest absolute Gasteiger partial charge is 0.497 e. The van der Waals surface area contributed by atoms with Crippen LogP contribution in [0.3, 0.4) is 0 Å². The van der Waals surface area contributed by atoms with Crippen molar-refractivity contribution < 1.29 is 18.8 Å². The van der Waals surface area contributed by atoms with Gasteiger partial charge in [0.2, 0.25) is 17.6 Å². The maximum Gasteiger partial charge on any atom is 0.229 e. The quantitative estimate of drug-likeness (QED) is 0.390. The lowest BCUT2D eigenvalue weighted by Gasteiger charge is -2.19. The second kappa shape index (κ2) is 9.67. The van der Waals surface area contributed by atoms with Crippen LogP contribution >= 0.6 is 11.3 Å². The van der Waals surface area contributed by atoms with Crippen molar-refractivity contribution in [1.82, 2.24) is 15.1 Å². The number of thiazole rings is 1. The van der Waals surface area contributed by atoms with Crippen LogP contribution in [0.1, 0.15) is 12.3 Å². The maximum absolute atomic E-state index is 13.0. The van der Waals surface area contributed by atoms with Crippen molar-refractivity contribution in [2.75, 3.05) is 32.3 Å². The number of carbonyl (C=O) groups is 1. The molecule has 0 spiro atoms. The highest BCUT2D eigenvalue weighted by Crippen LogP contribution is 2.29. The molecule has 0 saturated carbocycles. The van der Waals surface area contributed by atoms with Crippen molar-refractivity contribution in [3.63, 3.8) is 0 Å². The number of amides is 1. The molecule has 0 atom stereocenters. The number of benzene rings is 2. The van der Waals surface area contributed by atoms with E-state index in [1.165, 1.54) is 11.3 Å². The zero-order valence-electron chi connectivity index (χ0n) is 17.3. The normalized spacial score (nSPS) is 11.0. The fourth-order valence-electron chi connectivity index (χ4n) is 3.05. The molecule has 0 bridgehead atoms. The third-order valence-corrected chi connectivity index (χ3v) is 5.76. The molecular formula is C22H22N4O4S. The summed E-state index contributed by atoms with van der Waals surface area (Å²) in [5.74, 6) is 1.58. The first kappa shape index (κ1) is 21.0. The minimum absolute atomic E-state index is 0.0692. The summed E-state index contributed by atoms with van der Waals surface area (Å²) in [6.45, 7) is 0.847. The highest BCUT2D eigenvalue weighted by Gasteiger charge is 2.20. The van der Waals surface area contributed by atoms with Gasteiger partial charge in [0.1, 0.15) is 5.75 Å². The standard InChI is InChI=1S/C22H22N4O4S/c1-28-14-13-26(22-23-17-5-3-4-6-18(17)31-22)20(27)12-11-19-24-21(25-30-19)15-7-9-16(29-2)10-8-15/h3-10H,11-14H2,1-2H3. The molecule has 0 aliphatic heterocycles. The van der Waals surface area contributed by atoms with E-state index < -0.39 is 0 Å². The van der Waals surface area contributed by atoms with E-state index in [0.29, 0.717) is 36.4 Å². The summed E-state index contributed by atoms with van der Waals surface area (Å²) in [5.41, 5.74) is 1.69. The van der Waals surface area contributed by atoms with Crippen LogP contribution < -0.4 is 9.64 Å². The van der Waals surface area contributed by atoms with Crippen LogP contribution in [0.2, 0.25) is 0 Å². The number of fused-ring (bicyclic) bond motifs is 1. The molecule has 4 aromatic rings. The van der Waals surface area contributed by atoms with Gasteiger partial charge in [-0.15, -0.1) is 0 Å². The summed E-state index contributed by atoms with van der Waals surface area (Å²) in [6, 6.07) is 15.2. The summed E-state index contributed by atoms with van der Waals surface area (Å²) in [6.07, 6.45) is 0.570. The van der Waals surface area contributed by atoms with Gasteiger partial charge < -0.3 is 14.0 Å². The number of nitrogens with zero attached hydrogens (tertiary/aromatic N) is 4. The molecule has 0 N–H and O–H groups in total. The zero-order valence-corrected chi connectivity index (χ0v) is 18.1. The Morgan fingerprint density at radius 2 is 1.90 bits per heavy atom. The summed E-state index contributed by atoms with van der Waals surface area (Å²) in [4.78, 5) is 23.7. The van der Waals surface area contributed by atoms with E-state index >= 15 is 0 Å². The second-order valence-electron chi connectivity index (χ2n) is 6.74. The Balaban J connectivity index is 1.44. The lowest BCUT2D eigenvalue weighted by atomic mass is 10.2. The third kappa shape index (κ3) is 4.89. The van der Waals surface area contributed by atoms with E-state index in [2.05, 4.69) is 15.1 Å². The molecule has 0 unspecified atom stereocenters. The highest BCUT2D eigenvalue weighted by molar-refractivity contribution is 7.22. The summed E-state index contributed by atoms with van der Waals surface area (Å²) < 4.78 is 16.7. The Labute approximate surface area is 183 Å². The molecule has 0 aliphatic carbocycles. The van der Waals surface area contributed by atoms with Crippen molar-refractivity contribution in [1.29, 1.82) is 0 Å². The van der Waals surface area contributed by atoms with Crippen LogP contribution in [0.4, 0.5) is 5.13 Å². The SMILES string of the molecule is COCCN(C(=O)CCc1nc(-c2ccc(OC)cc2)no1)c1nc2ccccc2s1. The smallest absolute Gasteiger partial charge is 0.229 e. The molecule has 9 heteroatoms. The van der Waals surface area contributed by atoms with E-state index in [4.69, 9.17) is 14.0 Å². The van der Waals surface area contributed by atoms with Crippen molar-refractivity contribution in [3.8, 4) is 17.1 Å². The van der Waals surface area contributed by atoms with Gasteiger partial charge in [-0.25, -0.2) is 4.98 Å². The van der Waals surface area contributed by atoms with Crippen LogP contribution in [0, 0.1) is 0 Å². The molecular weight excluding hydrogens is 416 g/mol. The van der Waals surface area contributed by atoms with E-state index in [1.54, 1.807) is 19.1 Å².